The van der Waals surface area contributed by atoms with Gasteiger partial charge in [0.05, 0.1) is 17.7 Å². The Morgan fingerprint density at radius 3 is 2.34 bits per heavy atom. The monoisotopic (exact) mass is 527 g/mol. The van der Waals surface area contributed by atoms with Gasteiger partial charge < -0.3 is 14.5 Å². The van der Waals surface area contributed by atoms with E-state index in [0.717, 1.165) is 13.2 Å². The van der Waals surface area contributed by atoms with Crippen molar-refractivity contribution in [2.45, 2.75) is 0 Å². The van der Waals surface area contributed by atoms with Crippen molar-refractivity contribution in [2.24, 2.45) is 0 Å². The van der Waals surface area contributed by atoms with Crippen LogP contribution in [0.1, 0.15) is 10.4 Å². The van der Waals surface area contributed by atoms with Crippen molar-refractivity contribution in [3.63, 3.8) is 0 Å². The zero-order chi connectivity index (χ0) is 25.4. The molecule has 13 heteroatoms. The van der Waals surface area contributed by atoms with Gasteiger partial charge in [-0.15, -0.1) is 0 Å². The van der Waals surface area contributed by atoms with Gasteiger partial charge in [-0.05, 0) is 48.6 Å². The lowest BCUT2D eigenvalue weighted by molar-refractivity contribution is 0.0966. The molecule has 0 spiro atoms. The summed E-state index contributed by atoms with van der Waals surface area (Å²) >= 11 is 11.0. The highest BCUT2D eigenvalue weighted by atomic mass is 35.5. The molecule has 6 nitrogen and oxygen atoms in total. The smallest absolute Gasteiger partial charge is 0.263 e. The van der Waals surface area contributed by atoms with E-state index in [1.165, 1.54) is 30.3 Å². The molecule has 0 unspecified atom stereocenters. The average molecular weight is 528 g/mol. The molecule has 0 aliphatic carbocycles. The van der Waals surface area contributed by atoms with Crippen molar-refractivity contribution in [1.29, 1.82) is 0 Å². The first-order valence-corrected chi connectivity index (χ1v) is 10.3. The fourth-order valence-corrected chi connectivity index (χ4v) is 3.56. The lowest BCUT2D eigenvalue weighted by atomic mass is 10.1. The van der Waals surface area contributed by atoms with Crippen LogP contribution in [-0.2, 0) is 0 Å². The van der Waals surface area contributed by atoms with Crippen molar-refractivity contribution in [2.75, 3.05) is 12.4 Å². The number of nitrogens with zero attached hydrogens (tertiary/aromatic N) is 1. The molecule has 0 fully saturated rings. The van der Waals surface area contributed by atoms with Crippen molar-refractivity contribution in [1.82, 2.24) is 10.3 Å². The number of fused-ring (bicyclic) bond motifs is 1. The summed E-state index contributed by atoms with van der Waals surface area (Å²) in [5, 5.41) is 4.17. The predicted molar refractivity (Wildman–Crippen MR) is 121 cm³/mol. The Labute approximate surface area is 203 Å². The third kappa shape index (κ3) is 4.62. The lowest BCUT2D eigenvalue weighted by Gasteiger charge is -2.12. The molecular weight excluding hydrogens is 517 g/mol. The molecule has 0 aliphatic rings. The normalized spacial score (nSPS) is 10.9. The van der Waals surface area contributed by atoms with E-state index in [9.17, 15) is 26.7 Å². The number of ether oxygens (including phenoxy) is 1. The number of oxazole rings is 1. The van der Waals surface area contributed by atoms with Gasteiger partial charge in [0.1, 0.15) is 16.9 Å². The zero-order valence-electron chi connectivity index (χ0n) is 17.3. The number of anilines is 1. The van der Waals surface area contributed by atoms with E-state index >= 15 is 0 Å². The average Bonchev–Trinajstić information content (AvgIpc) is 3.21. The Morgan fingerprint density at radius 2 is 1.71 bits per heavy atom. The quantitative estimate of drug-likeness (QED) is 0.193. The van der Waals surface area contributed by atoms with Gasteiger partial charge in [0.25, 0.3) is 5.91 Å². The minimum atomic E-state index is -1.95. The number of thiocarbonyl (C=S) groups is 1. The third-order valence-electron chi connectivity index (χ3n) is 4.69. The van der Waals surface area contributed by atoms with Gasteiger partial charge in [0.15, 0.2) is 28.1 Å². The molecular formula is C22H11ClF5N3O3S. The number of rotatable bonds is 4. The number of hydrogen-bond donors (Lipinski definition) is 2. The van der Waals surface area contributed by atoms with Gasteiger partial charge in [-0.2, -0.15) is 8.78 Å². The Bertz CT molecular complexity index is 1480. The maximum absolute atomic E-state index is 14.1. The first-order valence-electron chi connectivity index (χ1n) is 9.49. The summed E-state index contributed by atoms with van der Waals surface area (Å²) in [6.07, 6.45) is 0. The largest absolute Gasteiger partial charge is 0.491 e. The summed E-state index contributed by atoms with van der Waals surface area (Å²) in [5.41, 5.74) is -0.215. The zero-order valence-corrected chi connectivity index (χ0v) is 18.9. The van der Waals surface area contributed by atoms with Crippen LogP contribution >= 0.6 is 23.8 Å². The fourth-order valence-electron chi connectivity index (χ4n) is 3.10. The second-order valence-electron chi connectivity index (χ2n) is 6.90. The SMILES string of the molecule is COc1c(F)c(F)c(C(=O)NC(=S)Nc2ccc3oc(-c4ccc(F)cc4Cl)nc3c2)c(F)c1F. The molecule has 1 amide bonds. The summed E-state index contributed by atoms with van der Waals surface area (Å²) in [7, 11) is 0.808. The molecule has 4 aromatic rings. The van der Waals surface area contributed by atoms with E-state index in [-0.39, 0.29) is 16.6 Å². The highest BCUT2D eigenvalue weighted by Crippen LogP contribution is 2.32. The number of halogens is 6. The predicted octanol–water partition coefficient (Wildman–Crippen LogP) is 5.98. The number of aromatic nitrogens is 1. The van der Waals surface area contributed by atoms with Crippen LogP contribution in [0.5, 0.6) is 5.75 Å². The molecule has 180 valence electrons. The molecule has 1 aromatic heterocycles. The van der Waals surface area contributed by atoms with Crippen LogP contribution in [0.15, 0.2) is 40.8 Å². The number of nitrogens with one attached hydrogen (secondary N) is 2. The first-order chi connectivity index (χ1) is 16.6. The van der Waals surface area contributed by atoms with Crippen molar-refractivity contribution < 1.29 is 35.9 Å². The topological polar surface area (TPSA) is 76.4 Å². The summed E-state index contributed by atoms with van der Waals surface area (Å²) in [6.45, 7) is 0. The van der Waals surface area contributed by atoms with E-state index < -0.39 is 51.4 Å². The Morgan fingerprint density at radius 1 is 1.03 bits per heavy atom. The minimum Gasteiger partial charge on any atom is -0.491 e. The van der Waals surface area contributed by atoms with Gasteiger partial charge in [0, 0.05) is 5.69 Å². The van der Waals surface area contributed by atoms with Crippen LogP contribution < -0.4 is 15.4 Å². The lowest BCUT2D eigenvalue weighted by Crippen LogP contribution is -2.35. The van der Waals surface area contributed by atoms with Crippen LogP contribution in [0, 0.1) is 29.1 Å². The molecule has 0 saturated heterocycles. The van der Waals surface area contributed by atoms with Gasteiger partial charge in [0.2, 0.25) is 17.5 Å². The molecule has 0 aliphatic heterocycles. The van der Waals surface area contributed by atoms with E-state index in [4.69, 9.17) is 28.2 Å². The maximum Gasteiger partial charge on any atom is 0.263 e. The molecule has 0 bridgehead atoms. The molecule has 3 aromatic carbocycles. The summed E-state index contributed by atoms with van der Waals surface area (Å²) in [6, 6.07) is 8.14. The fraction of sp³-hybridized carbons (Fsp3) is 0.0455. The highest BCUT2D eigenvalue weighted by Gasteiger charge is 2.30. The van der Waals surface area contributed by atoms with Crippen LogP contribution in [0.3, 0.4) is 0 Å². The molecule has 2 N–H and O–H groups in total. The Kier molecular flexibility index (Phi) is 6.59. The molecule has 4 rings (SSSR count). The Balaban J connectivity index is 1.54. The number of amides is 1. The first kappa shape index (κ1) is 24.4. The standard InChI is InChI=1S/C22H11ClF5N3O3S/c1-33-19-17(27)15(25)14(16(26)18(19)28)20(32)31-22(35)29-9-3-5-13-12(7-9)30-21(34-13)10-4-2-8(24)6-11(10)23/h2-7H,1H3,(H2,29,31,32,35). The van der Waals surface area contributed by atoms with Crippen LogP contribution in [0.4, 0.5) is 27.6 Å². The van der Waals surface area contributed by atoms with Crippen LogP contribution in [-0.4, -0.2) is 23.1 Å². The van der Waals surface area contributed by atoms with Crippen molar-refractivity contribution >= 4 is 51.6 Å². The number of hydrogen-bond acceptors (Lipinski definition) is 5. The maximum atomic E-state index is 14.1. The molecule has 35 heavy (non-hydrogen) atoms. The van der Waals surface area contributed by atoms with Gasteiger partial charge in [-0.25, -0.2) is 18.2 Å². The van der Waals surface area contributed by atoms with Crippen molar-refractivity contribution in [3.05, 3.63) is 76.1 Å². The van der Waals surface area contributed by atoms with Crippen molar-refractivity contribution in [3.8, 4) is 17.2 Å². The second kappa shape index (κ2) is 9.47. The Hall–Kier alpha value is -3.77. The minimum absolute atomic E-state index is 0.0877. The van der Waals surface area contributed by atoms with E-state index in [0.29, 0.717) is 16.7 Å². The molecule has 1 heterocycles. The molecule has 0 saturated carbocycles. The van der Waals surface area contributed by atoms with E-state index in [1.807, 2.05) is 5.32 Å². The van der Waals surface area contributed by atoms with Gasteiger partial charge >= 0.3 is 0 Å². The highest BCUT2D eigenvalue weighted by molar-refractivity contribution is 7.80. The molecule has 0 atom stereocenters. The third-order valence-corrected chi connectivity index (χ3v) is 5.21. The van der Waals surface area contributed by atoms with Gasteiger partial charge in [-0.1, -0.05) is 11.6 Å². The second-order valence-corrected chi connectivity index (χ2v) is 7.71. The number of benzene rings is 3. The van der Waals surface area contributed by atoms with Crippen LogP contribution in [0.2, 0.25) is 5.02 Å². The number of methoxy groups -OCH3 is 1. The van der Waals surface area contributed by atoms with Gasteiger partial charge in [-0.3, -0.25) is 10.1 Å². The van der Waals surface area contributed by atoms with Crippen LogP contribution in [0.25, 0.3) is 22.6 Å². The number of carbonyl (C=O) groups is 1. The summed E-state index contributed by atoms with van der Waals surface area (Å²) < 4.78 is 79.2. The molecule has 0 radical (unpaired) electrons. The van der Waals surface area contributed by atoms with E-state index in [1.54, 1.807) is 0 Å². The summed E-state index contributed by atoms with van der Waals surface area (Å²) in [4.78, 5) is 16.5. The number of carbonyl (C=O) groups excluding carboxylic acids is 1. The van der Waals surface area contributed by atoms with E-state index in [2.05, 4.69) is 15.0 Å². The summed E-state index contributed by atoms with van der Waals surface area (Å²) in [5.74, 6) is -10.9.